The van der Waals surface area contributed by atoms with E-state index >= 15 is 0 Å². The summed E-state index contributed by atoms with van der Waals surface area (Å²) in [5.74, 6) is 0.318. The number of benzene rings is 1. The van der Waals surface area contributed by atoms with Crippen molar-refractivity contribution in [2.75, 3.05) is 7.11 Å². The third-order valence-corrected chi connectivity index (χ3v) is 2.36. The van der Waals surface area contributed by atoms with E-state index in [4.69, 9.17) is 10.5 Å². The van der Waals surface area contributed by atoms with Gasteiger partial charge in [-0.15, -0.1) is 0 Å². The molecule has 0 bridgehead atoms. The third kappa shape index (κ3) is 3.13. The van der Waals surface area contributed by atoms with Crippen molar-refractivity contribution in [1.82, 2.24) is 5.43 Å². The quantitative estimate of drug-likeness (QED) is 0.575. The normalized spacial score (nSPS) is 10.4. The number of halogens is 1. The molecule has 6 nitrogen and oxygen atoms in total. The second kappa shape index (κ2) is 5.36. The Kier molecular flexibility index (Phi) is 4.12. The van der Waals surface area contributed by atoms with Gasteiger partial charge in [0.05, 0.1) is 13.3 Å². The number of phenolic OH excluding ortho intramolecular Hbond substituents is 1. The van der Waals surface area contributed by atoms with Gasteiger partial charge in [0.2, 0.25) is 0 Å². The van der Waals surface area contributed by atoms with E-state index in [-0.39, 0.29) is 5.75 Å². The average Bonchev–Trinajstić information content (AvgIpc) is 2.20. The lowest BCUT2D eigenvalue weighted by molar-refractivity contribution is 0.249. The standard InChI is InChI=1S/C9H10BrN3O3/c1-16-8-2-5(4-12-13-9(11)15)6(10)3-7(8)14/h2-4,14H,1H3,(H3,11,13,15)/b12-4-. The number of phenols is 1. The van der Waals surface area contributed by atoms with E-state index in [1.54, 1.807) is 6.07 Å². The molecule has 7 heteroatoms. The molecule has 86 valence electrons. The minimum absolute atomic E-state index is 0.00869. The van der Waals surface area contributed by atoms with Crippen molar-refractivity contribution in [3.05, 3.63) is 22.2 Å². The van der Waals surface area contributed by atoms with Gasteiger partial charge in [0, 0.05) is 10.0 Å². The van der Waals surface area contributed by atoms with Gasteiger partial charge in [-0.25, -0.2) is 10.2 Å². The zero-order chi connectivity index (χ0) is 12.1. The van der Waals surface area contributed by atoms with E-state index in [0.29, 0.717) is 15.8 Å². The molecule has 0 aliphatic carbocycles. The van der Waals surface area contributed by atoms with Gasteiger partial charge in [-0.3, -0.25) is 0 Å². The van der Waals surface area contributed by atoms with Crippen LogP contribution < -0.4 is 15.9 Å². The Morgan fingerprint density at radius 1 is 1.69 bits per heavy atom. The van der Waals surface area contributed by atoms with Gasteiger partial charge in [0.15, 0.2) is 11.5 Å². The largest absolute Gasteiger partial charge is 0.504 e. The van der Waals surface area contributed by atoms with Crippen LogP contribution in [0.1, 0.15) is 5.56 Å². The maximum Gasteiger partial charge on any atom is 0.332 e. The van der Waals surface area contributed by atoms with E-state index in [1.165, 1.54) is 19.4 Å². The number of nitrogens with zero attached hydrogens (tertiary/aromatic N) is 1. The number of methoxy groups -OCH3 is 1. The minimum Gasteiger partial charge on any atom is -0.504 e. The number of nitrogens with two attached hydrogens (primary N) is 1. The van der Waals surface area contributed by atoms with Gasteiger partial charge in [0.25, 0.3) is 0 Å². The lowest BCUT2D eigenvalue weighted by Gasteiger charge is -2.05. The summed E-state index contributed by atoms with van der Waals surface area (Å²) >= 11 is 3.23. The number of carbonyl (C=O) groups excluding carboxylic acids is 1. The second-order valence-corrected chi connectivity index (χ2v) is 3.63. The molecule has 0 spiro atoms. The van der Waals surface area contributed by atoms with E-state index in [2.05, 4.69) is 26.5 Å². The fourth-order valence-electron chi connectivity index (χ4n) is 0.986. The van der Waals surface area contributed by atoms with Crippen molar-refractivity contribution in [2.24, 2.45) is 10.8 Å². The van der Waals surface area contributed by atoms with Crippen LogP contribution in [0.3, 0.4) is 0 Å². The van der Waals surface area contributed by atoms with Crippen molar-refractivity contribution in [3.8, 4) is 11.5 Å². The first-order valence-corrected chi connectivity index (χ1v) is 4.99. The number of hydrazone groups is 1. The lowest BCUT2D eigenvalue weighted by Crippen LogP contribution is -2.24. The molecule has 4 N–H and O–H groups in total. The van der Waals surface area contributed by atoms with Crippen molar-refractivity contribution in [3.63, 3.8) is 0 Å². The molecule has 0 unspecified atom stereocenters. The molecular weight excluding hydrogens is 278 g/mol. The zero-order valence-electron chi connectivity index (χ0n) is 8.40. The first kappa shape index (κ1) is 12.3. The molecule has 2 amide bonds. The first-order valence-electron chi connectivity index (χ1n) is 4.19. The van der Waals surface area contributed by atoms with Gasteiger partial charge in [0.1, 0.15) is 0 Å². The highest BCUT2D eigenvalue weighted by atomic mass is 79.9. The van der Waals surface area contributed by atoms with Gasteiger partial charge in [-0.1, -0.05) is 0 Å². The maximum absolute atomic E-state index is 10.4. The van der Waals surface area contributed by atoms with E-state index < -0.39 is 6.03 Å². The predicted octanol–water partition coefficient (Wildman–Crippen LogP) is 1.17. The van der Waals surface area contributed by atoms with Crippen LogP contribution in [-0.4, -0.2) is 24.5 Å². The van der Waals surface area contributed by atoms with E-state index in [0.717, 1.165) is 0 Å². The summed E-state index contributed by atoms with van der Waals surface area (Å²) in [6, 6.07) is 2.27. The summed E-state index contributed by atoms with van der Waals surface area (Å²) < 4.78 is 5.54. The van der Waals surface area contributed by atoms with Crippen molar-refractivity contribution in [2.45, 2.75) is 0 Å². The molecule has 0 aliphatic heterocycles. The Bertz CT molecular complexity index is 434. The van der Waals surface area contributed by atoms with Gasteiger partial charge in [-0.2, -0.15) is 5.10 Å². The van der Waals surface area contributed by atoms with Gasteiger partial charge < -0.3 is 15.6 Å². The number of amides is 2. The van der Waals surface area contributed by atoms with E-state index in [9.17, 15) is 9.90 Å². The Morgan fingerprint density at radius 3 is 2.94 bits per heavy atom. The summed E-state index contributed by atoms with van der Waals surface area (Å²) in [5.41, 5.74) is 7.52. The monoisotopic (exact) mass is 287 g/mol. The summed E-state index contributed by atoms with van der Waals surface area (Å²) in [6.07, 6.45) is 1.37. The smallest absolute Gasteiger partial charge is 0.332 e. The van der Waals surface area contributed by atoms with Crippen LogP contribution in [0.5, 0.6) is 11.5 Å². The third-order valence-electron chi connectivity index (χ3n) is 1.68. The molecule has 0 aliphatic rings. The second-order valence-electron chi connectivity index (χ2n) is 2.78. The number of nitrogens with one attached hydrogen (secondary N) is 1. The van der Waals surface area contributed by atoms with Crippen molar-refractivity contribution in [1.29, 1.82) is 0 Å². The molecule has 0 heterocycles. The summed E-state index contributed by atoms with van der Waals surface area (Å²) in [5, 5.41) is 13.0. The predicted molar refractivity (Wildman–Crippen MR) is 62.7 cm³/mol. The topological polar surface area (TPSA) is 96.9 Å². The zero-order valence-corrected chi connectivity index (χ0v) is 9.98. The number of hydrogen-bond donors (Lipinski definition) is 3. The molecule has 0 atom stereocenters. The highest BCUT2D eigenvalue weighted by Crippen LogP contribution is 2.31. The summed E-state index contributed by atoms with van der Waals surface area (Å²) in [6.45, 7) is 0. The SMILES string of the molecule is COc1cc(/C=N\NC(N)=O)c(Br)cc1O. The number of carbonyl (C=O) groups is 1. The fourth-order valence-corrected chi connectivity index (χ4v) is 1.42. The van der Waals surface area contributed by atoms with Crippen molar-refractivity contribution < 1.29 is 14.6 Å². The number of ether oxygens (including phenoxy) is 1. The molecule has 1 rings (SSSR count). The van der Waals surface area contributed by atoms with Crippen LogP contribution in [0.4, 0.5) is 4.79 Å². The molecule has 1 aromatic carbocycles. The molecule has 0 fully saturated rings. The Hall–Kier alpha value is -1.76. The summed E-state index contributed by atoms with van der Waals surface area (Å²) in [7, 11) is 1.44. The lowest BCUT2D eigenvalue weighted by atomic mass is 10.2. The highest BCUT2D eigenvalue weighted by molar-refractivity contribution is 9.10. The molecule has 1 aromatic rings. The number of aromatic hydroxyl groups is 1. The minimum atomic E-state index is -0.752. The van der Waals surface area contributed by atoms with Crippen molar-refractivity contribution >= 4 is 28.2 Å². The fraction of sp³-hybridized carbons (Fsp3) is 0.111. The number of urea groups is 1. The Balaban J connectivity index is 2.95. The molecular formula is C9H10BrN3O3. The first-order chi connectivity index (χ1) is 7.54. The highest BCUT2D eigenvalue weighted by Gasteiger charge is 2.06. The van der Waals surface area contributed by atoms with Crippen LogP contribution in [0.15, 0.2) is 21.7 Å². The van der Waals surface area contributed by atoms with E-state index in [1.807, 2.05) is 0 Å². The average molecular weight is 288 g/mol. The summed E-state index contributed by atoms with van der Waals surface area (Å²) in [4.78, 5) is 10.4. The molecule has 0 saturated carbocycles. The molecule has 0 aromatic heterocycles. The van der Waals surface area contributed by atoms with Crippen LogP contribution in [0, 0.1) is 0 Å². The van der Waals surface area contributed by atoms with Crippen LogP contribution in [0.25, 0.3) is 0 Å². The van der Waals surface area contributed by atoms with Gasteiger partial charge >= 0.3 is 6.03 Å². The molecule has 16 heavy (non-hydrogen) atoms. The Labute approximate surface area is 100 Å². The van der Waals surface area contributed by atoms with Crippen LogP contribution >= 0.6 is 15.9 Å². The number of primary amides is 1. The van der Waals surface area contributed by atoms with Crippen LogP contribution in [-0.2, 0) is 0 Å². The maximum atomic E-state index is 10.4. The van der Waals surface area contributed by atoms with Crippen LogP contribution in [0.2, 0.25) is 0 Å². The number of rotatable bonds is 3. The Morgan fingerprint density at radius 2 is 2.38 bits per heavy atom. The number of hydrogen-bond acceptors (Lipinski definition) is 4. The molecule has 0 radical (unpaired) electrons. The molecule has 0 saturated heterocycles. The van der Waals surface area contributed by atoms with Gasteiger partial charge in [-0.05, 0) is 28.1 Å².